The van der Waals surface area contributed by atoms with Crippen LogP contribution in [0.15, 0.2) is 54.6 Å². The summed E-state index contributed by atoms with van der Waals surface area (Å²) in [5.74, 6) is 0.0694. The van der Waals surface area contributed by atoms with Crippen LogP contribution in [0.2, 0.25) is 0 Å². The van der Waals surface area contributed by atoms with Crippen molar-refractivity contribution in [2.45, 2.75) is 6.04 Å². The molecule has 0 unspecified atom stereocenters. The molecule has 18 heavy (non-hydrogen) atoms. The van der Waals surface area contributed by atoms with Crippen LogP contribution >= 0.6 is 0 Å². The summed E-state index contributed by atoms with van der Waals surface area (Å²) in [6.45, 7) is 0. The Morgan fingerprint density at radius 3 is 2.44 bits per heavy atom. The Bertz CT molecular complexity index is 580. The number of nitrogens with one attached hydrogen (secondary N) is 1. The van der Waals surface area contributed by atoms with Gasteiger partial charge in [0.1, 0.15) is 5.69 Å². The van der Waals surface area contributed by atoms with E-state index in [0.717, 1.165) is 16.9 Å². The van der Waals surface area contributed by atoms with E-state index in [2.05, 4.69) is 5.32 Å². The van der Waals surface area contributed by atoms with Crippen LogP contribution in [0.1, 0.15) is 11.6 Å². The first-order chi connectivity index (χ1) is 8.77. The average molecular weight is 238 g/mol. The Hall–Kier alpha value is -2.13. The molecule has 0 spiro atoms. The average Bonchev–Trinajstić information content (AvgIpc) is 2.44. The van der Waals surface area contributed by atoms with Gasteiger partial charge in [-0.3, -0.25) is 4.79 Å². The molecule has 0 fully saturated rings. The maximum Gasteiger partial charge on any atom is 0.295 e. The molecule has 0 saturated carbocycles. The molecule has 1 aliphatic heterocycles. The highest BCUT2D eigenvalue weighted by molar-refractivity contribution is 5.99. The van der Waals surface area contributed by atoms with Gasteiger partial charge in [-0.25, -0.2) is 0 Å². The largest absolute Gasteiger partial charge is 0.304 e. The molecule has 0 aromatic heterocycles. The van der Waals surface area contributed by atoms with Crippen LogP contribution in [0.25, 0.3) is 0 Å². The molecule has 1 aliphatic rings. The van der Waals surface area contributed by atoms with Gasteiger partial charge < -0.3 is 4.90 Å². The maximum atomic E-state index is 12.4. The minimum Gasteiger partial charge on any atom is -0.304 e. The number of carbonyl (C=O) groups excluding carboxylic acids is 1. The summed E-state index contributed by atoms with van der Waals surface area (Å²) in [6, 6.07) is 17.3. The Kier molecular flexibility index (Phi) is 2.61. The second-order valence-corrected chi connectivity index (χ2v) is 4.40. The molecule has 3 nitrogen and oxygen atoms in total. The fraction of sp³-hybridized carbons (Fsp3) is 0.133. The lowest BCUT2D eigenvalue weighted by molar-refractivity contribution is -0.604. The van der Waals surface area contributed by atoms with Gasteiger partial charge in [0.2, 0.25) is 11.7 Å². The first kappa shape index (κ1) is 11.0. The predicted octanol–water partition coefficient (Wildman–Crippen LogP) is 1.38. The molecule has 2 aromatic carbocycles. The van der Waals surface area contributed by atoms with Crippen molar-refractivity contribution in [3.05, 3.63) is 60.2 Å². The number of hydrogen-bond acceptors (Lipinski definition) is 2. The van der Waals surface area contributed by atoms with Crippen molar-refractivity contribution in [3.8, 4) is 0 Å². The lowest BCUT2D eigenvalue weighted by Gasteiger charge is -2.26. The number of nitrogens with zero attached hydrogens (tertiary/aromatic N) is 1. The minimum absolute atomic E-state index is 0.0694. The van der Waals surface area contributed by atoms with Crippen molar-refractivity contribution in [2.75, 3.05) is 11.9 Å². The van der Waals surface area contributed by atoms with Gasteiger partial charge in [0.25, 0.3) is 5.91 Å². The van der Waals surface area contributed by atoms with Gasteiger partial charge >= 0.3 is 0 Å². The lowest BCUT2D eigenvalue weighted by Crippen LogP contribution is -2.84. The summed E-state index contributed by atoms with van der Waals surface area (Å²) >= 11 is 0. The number of rotatable bonds is 1. The third-order valence-electron chi connectivity index (χ3n) is 3.28. The van der Waals surface area contributed by atoms with E-state index in [0.29, 0.717) is 0 Å². The number of carbonyl (C=O) groups is 1. The number of para-hydroxylation sites is 2. The first-order valence-electron chi connectivity index (χ1n) is 5.95. The van der Waals surface area contributed by atoms with E-state index in [-0.39, 0.29) is 11.9 Å². The fourth-order valence-electron chi connectivity index (χ4n) is 2.29. The van der Waals surface area contributed by atoms with Crippen LogP contribution in [0.5, 0.6) is 0 Å². The summed E-state index contributed by atoms with van der Waals surface area (Å²) in [5, 5.41) is 3.30. The highest BCUT2D eigenvalue weighted by atomic mass is 16.2. The molecular formula is C15H14N2O+. The molecule has 0 aliphatic carbocycles. The van der Waals surface area contributed by atoms with E-state index in [9.17, 15) is 4.79 Å². The van der Waals surface area contributed by atoms with Crippen molar-refractivity contribution in [1.82, 2.24) is 0 Å². The van der Waals surface area contributed by atoms with Crippen molar-refractivity contribution >= 4 is 17.3 Å². The second-order valence-electron chi connectivity index (χ2n) is 4.40. The van der Waals surface area contributed by atoms with Gasteiger partial charge in [0.05, 0.1) is 0 Å². The SMILES string of the molecule is CN1C(=O)[C@H](c2ccccc2)[NH+]c2ccccc21. The summed E-state index contributed by atoms with van der Waals surface area (Å²) in [6.07, 6.45) is 0. The van der Waals surface area contributed by atoms with Gasteiger partial charge in [-0.15, -0.1) is 5.32 Å². The molecule has 89 valence electrons. The zero-order valence-electron chi connectivity index (χ0n) is 10.1. The molecule has 3 heteroatoms. The van der Waals surface area contributed by atoms with Gasteiger partial charge in [0.15, 0.2) is 0 Å². The summed E-state index contributed by atoms with van der Waals surface area (Å²) < 4.78 is 0. The fourth-order valence-corrected chi connectivity index (χ4v) is 2.29. The van der Waals surface area contributed by atoms with Crippen LogP contribution in [0, 0.1) is 0 Å². The molecule has 0 bridgehead atoms. The lowest BCUT2D eigenvalue weighted by atomic mass is 10.0. The first-order valence-corrected chi connectivity index (χ1v) is 5.95. The summed E-state index contributed by atoms with van der Waals surface area (Å²) in [4.78, 5) is 14.1. The quantitative estimate of drug-likeness (QED) is 0.800. The molecule has 1 amide bonds. The molecule has 2 aromatic rings. The zero-order valence-corrected chi connectivity index (χ0v) is 10.1. The molecular weight excluding hydrogens is 224 g/mol. The molecule has 1 atom stereocenters. The van der Waals surface area contributed by atoms with Gasteiger partial charge in [-0.05, 0) is 6.07 Å². The van der Waals surface area contributed by atoms with E-state index >= 15 is 0 Å². The van der Waals surface area contributed by atoms with Crippen molar-refractivity contribution in [2.24, 2.45) is 0 Å². The van der Waals surface area contributed by atoms with E-state index < -0.39 is 0 Å². The smallest absolute Gasteiger partial charge is 0.295 e. The normalized spacial score (nSPS) is 18.6. The van der Waals surface area contributed by atoms with Crippen LogP contribution in [-0.2, 0) is 4.79 Å². The third kappa shape index (κ3) is 1.69. The molecule has 3 rings (SSSR count). The number of anilines is 2. The Labute approximate surface area is 106 Å². The van der Waals surface area contributed by atoms with Crippen LogP contribution < -0.4 is 10.2 Å². The van der Waals surface area contributed by atoms with E-state index in [4.69, 9.17) is 0 Å². The van der Waals surface area contributed by atoms with Gasteiger partial charge in [-0.2, -0.15) is 0 Å². The van der Waals surface area contributed by atoms with Crippen molar-refractivity contribution in [1.29, 1.82) is 0 Å². The molecule has 0 saturated heterocycles. The number of amides is 1. The number of likely N-dealkylation sites (N-methyl/N-ethyl adjacent to an activating group) is 1. The van der Waals surface area contributed by atoms with E-state index in [1.54, 1.807) is 4.90 Å². The van der Waals surface area contributed by atoms with E-state index in [1.165, 1.54) is 0 Å². The zero-order chi connectivity index (χ0) is 12.5. The minimum atomic E-state index is -0.300. The Morgan fingerprint density at radius 2 is 1.67 bits per heavy atom. The number of benzene rings is 2. The third-order valence-corrected chi connectivity index (χ3v) is 3.28. The highest BCUT2D eigenvalue weighted by Gasteiger charge is 2.38. The highest BCUT2D eigenvalue weighted by Crippen LogP contribution is 2.28. The second kappa shape index (κ2) is 4.27. The summed E-state index contributed by atoms with van der Waals surface area (Å²) in [7, 11) is 1.82. The van der Waals surface area contributed by atoms with Crippen LogP contribution in [0.3, 0.4) is 0 Å². The Morgan fingerprint density at radius 1 is 1.00 bits per heavy atom. The molecule has 1 heterocycles. The molecule has 1 radical (unpaired) electrons. The van der Waals surface area contributed by atoms with Gasteiger partial charge in [0, 0.05) is 18.7 Å². The van der Waals surface area contributed by atoms with Crippen LogP contribution in [-0.4, -0.2) is 13.0 Å². The van der Waals surface area contributed by atoms with Gasteiger partial charge in [-0.1, -0.05) is 42.5 Å². The van der Waals surface area contributed by atoms with Crippen molar-refractivity contribution in [3.63, 3.8) is 0 Å². The summed E-state index contributed by atoms with van der Waals surface area (Å²) in [5.41, 5.74) is 2.91. The topological polar surface area (TPSA) is 35.9 Å². The monoisotopic (exact) mass is 238 g/mol. The predicted molar refractivity (Wildman–Crippen MR) is 69.7 cm³/mol. The number of fused-ring (bicyclic) bond motifs is 1. The van der Waals surface area contributed by atoms with Crippen molar-refractivity contribution < 1.29 is 10.1 Å². The maximum absolute atomic E-state index is 12.4. The number of hydrogen-bond donors (Lipinski definition) is 1. The Balaban J connectivity index is 2.04. The molecule has 1 N–H and O–H groups in total. The standard InChI is InChI=1S/C15H14N2O/c1-17-13-10-6-5-9-12(13)16-14(15(17)18)11-7-3-2-4-8-11/h2-10,14,16H,1H3/q+1/t14-/m0/s1. The van der Waals surface area contributed by atoms with Crippen LogP contribution in [0.4, 0.5) is 11.4 Å². The van der Waals surface area contributed by atoms with E-state index in [1.807, 2.05) is 61.6 Å².